The lowest BCUT2D eigenvalue weighted by Gasteiger charge is -2.31. The number of likely N-dealkylation sites (N-methyl/N-ethyl adjacent to an activating group) is 1. The highest BCUT2D eigenvalue weighted by Crippen LogP contribution is 2.38. The highest BCUT2D eigenvalue weighted by molar-refractivity contribution is 5.89. The van der Waals surface area contributed by atoms with Crippen LogP contribution < -0.4 is 10.6 Å². The third-order valence-corrected chi connectivity index (χ3v) is 5.18. The predicted octanol–water partition coefficient (Wildman–Crippen LogP) is 1.14. The Morgan fingerprint density at radius 3 is 2.71 bits per heavy atom. The molecule has 0 aromatic heterocycles. The number of nitrogens with zero attached hydrogens (tertiary/aromatic N) is 1. The third kappa shape index (κ3) is 3.57. The van der Waals surface area contributed by atoms with E-state index in [1.54, 1.807) is 7.05 Å². The van der Waals surface area contributed by atoms with Crippen molar-refractivity contribution in [3.8, 4) is 0 Å². The molecule has 0 bridgehead atoms. The molecule has 0 aromatic rings. The Hall–Kier alpha value is -1.10. The maximum atomic E-state index is 12.9. The van der Waals surface area contributed by atoms with E-state index in [1.165, 1.54) is 12.8 Å². The molecule has 1 saturated heterocycles. The first-order valence-electron chi connectivity index (χ1n) is 8.32. The molecule has 1 aliphatic heterocycles. The molecule has 4 atom stereocenters. The van der Waals surface area contributed by atoms with Crippen molar-refractivity contribution in [2.75, 3.05) is 20.1 Å². The van der Waals surface area contributed by atoms with Crippen LogP contribution in [0, 0.1) is 11.8 Å². The van der Waals surface area contributed by atoms with E-state index in [0.717, 1.165) is 25.8 Å². The molecule has 5 heteroatoms. The largest absolute Gasteiger partial charge is 0.343 e. The average Bonchev–Trinajstić information content (AvgIpc) is 3.06. The highest BCUT2D eigenvalue weighted by Gasteiger charge is 2.42. The van der Waals surface area contributed by atoms with Crippen molar-refractivity contribution in [3.05, 3.63) is 0 Å². The molecule has 2 rings (SSSR count). The maximum Gasteiger partial charge on any atom is 0.245 e. The van der Waals surface area contributed by atoms with Crippen LogP contribution in [0.25, 0.3) is 0 Å². The summed E-state index contributed by atoms with van der Waals surface area (Å²) in [6, 6.07) is 0.0421. The lowest BCUT2D eigenvalue weighted by molar-refractivity contribution is -0.138. The fourth-order valence-corrected chi connectivity index (χ4v) is 3.76. The van der Waals surface area contributed by atoms with Crippen LogP contribution in [0.15, 0.2) is 0 Å². The summed E-state index contributed by atoms with van der Waals surface area (Å²) >= 11 is 0. The molecule has 21 heavy (non-hydrogen) atoms. The molecule has 2 fully saturated rings. The fraction of sp³-hybridized carbons (Fsp3) is 0.875. The predicted molar refractivity (Wildman–Crippen MR) is 82.8 cm³/mol. The summed E-state index contributed by atoms with van der Waals surface area (Å²) < 4.78 is 0. The minimum atomic E-state index is -0.379. The van der Waals surface area contributed by atoms with Gasteiger partial charge in [-0.15, -0.1) is 0 Å². The lowest BCUT2D eigenvalue weighted by Crippen LogP contribution is -2.54. The van der Waals surface area contributed by atoms with Gasteiger partial charge in [0.25, 0.3) is 0 Å². The van der Waals surface area contributed by atoms with E-state index in [2.05, 4.69) is 17.6 Å². The Morgan fingerprint density at radius 2 is 2.05 bits per heavy atom. The summed E-state index contributed by atoms with van der Waals surface area (Å²) in [5.41, 5.74) is 0. The molecule has 1 heterocycles. The van der Waals surface area contributed by atoms with Crippen LogP contribution in [0.5, 0.6) is 0 Å². The molecule has 2 N–H and O–H groups in total. The first-order valence-corrected chi connectivity index (χ1v) is 8.32. The average molecular weight is 295 g/mol. The van der Waals surface area contributed by atoms with E-state index in [4.69, 9.17) is 0 Å². The number of fused-ring (bicyclic) bond motifs is 1. The van der Waals surface area contributed by atoms with Crippen molar-refractivity contribution >= 4 is 11.8 Å². The van der Waals surface area contributed by atoms with Crippen molar-refractivity contribution in [2.45, 2.75) is 58.0 Å². The normalized spacial score (nSPS) is 27.3. The SMILES string of the molecule is CCC(C)C(NC(=O)CNC)C(=O)N1CCC2CCCC21. The molecule has 4 unspecified atom stereocenters. The zero-order valence-electron chi connectivity index (χ0n) is 13.5. The number of carbonyl (C=O) groups is 2. The van der Waals surface area contributed by atoms with E-state index in [9.17, 15) is 9.59 Å². The molecule has 0 spiro atoms. The van der Waals surface area contributed by atoms with Gasteiger partial charge in [0.2, 0.25) is 11.8 Å². The van der Waals surface area contributed by atoms with Crippen molar-refractivity contribution < 1.29 is 9.59 Å². The molecule has 0 radical (unpaired) electrons. The Labute approximate surface area is 127 Å². The second-order valence-corrected chi connectivity index (χ2v) is 6.54. The van der Waals surface area contributed by atoms with Gasteiger partial charge in [-0.2, -0.15) is 0 Å². The number of likely N-dealkylation sites (tertiary alicyclic amines) is 1. The molecule has 5 nitrogen and oxygen atoms in total. The molecule has 0 aromatic carbocycles. The van der Waals surface area contributed by atoms with E-state index in [-0.39, 0.29) is 30.3 Å². The first kappa shape index (κ1) is 16.3. The molecule has 2 amide bonds. The van der Waals surface area contributed by atoms with Gasteiger partial charge in [0.1, 0.15) is 6.04 Å². The highest BCUT2D eigenvalue weighted by atomic mass is 16.2. The quantitative estimate of drug-likeness (QED) is 0.772. The van der Waals surface area contributed by atoms with Crippen molar-refractivity contribution in [2.24, 2.45) is 11.8 Å². The van der Waals surface area contributed by atoms with Crippen LogP contribution in [-0.2, 0) is 9.59 Å². The zero-order chi connectivity index (χ0) is 15.4. The standard InChI is InChI=1S/C16H29N3O2/c1-4-11(2)15(18-14(20)10-17-3)16(21)19-9-8-12-6-5-7-13(12)19/h11-13,15,17H,4-10H2,1-3H3,(H,18,20). The summed E-state index contributed by atoms with van der Waals surface area (Å²) in [5.74, 6) is 0.889. The van der Waals surface area contributed by atoms with Gasteiger partial charge in [0, 0.05) is 12.6 Å². The Morgan fingerprint density at radius 1 is 1.29 bits per heavy atom. The second-order valence-electron chi connectivity index (χ2n) is 6.54. The Bertz CT molecular complexity index is 386. The molecule has 120 valence electrons. The fourth-order valence-electron chi connectivity index (χ4n) is 3.76. The number of hydrogen-bond donors (Lipinski definition) is 2. The lowest BCUT2D eigenvalue weighted by atomic mass is 9.97. The van der Waals surface area contributed by atoms with E-state index in [0.29, 0.717) is 12.0 Å². The van der Waals surface area contributed by atoms with Gasteiger partial charge >= 0.3 is 0 Å². The van der Waals surface area contributed by atoms with E-state index >= 15 is 0 Å². The Kier molecular flexibility index (Phi) is 5.62. The van der Waals surface area contributed by atoms with Gasteiger partial charge in [-0.05, 0) is 38.1 Å². The zero-order valence-corrected chi connectivity index (χ0v) is 13.5. The van der Waals surface area contributed by atoms with Gasteiger partial charge in [0.05, 0.1) is 6.54 Å². The van der Waals surface area contributed by atoms with Crippen molar-refractivity contribution in [1.29, 1.82) is 0 Å². The van der Waals surface area contributed by atoms with Crippen LogP contribution in [0.2, 0.25) is 0 Å². The van der Waals surface area contributed by atoms with Crippen molar-refractivity contribution in [1.82, 2.24) is 15.5 Å². The topological polar surface area (TPSA) is 61.4 Å². The van der Waals surface area contributed by atoms with Crippen LogP contribution in [-0.4, -0.2) is 48.9 Å². The monoisotopic (exact) mass is 295 g/mol. The molecule has 2 aliphatic rings. The summed E-state index contributed by atoms with van der Waals surface area (Å²) in [5, 5.41) is 5.77. The molecule has 1 saturated carbocycles. The summed E-state index contributed by atoms with van der Waals surface area (Å²) in [4.78, 5) is 26.8. The summed E-state index contributed by atoms with van der Waals surface area (Å²) in [6.45, 7) is 5.23. The number of hydrogen-bond acceptors (Lipinski definition) is 3. The Balaban J connectivity index is 2.05. The maximum absolute atomic E-state index is 12.9. The summed E-state index contributed by atoms with van der Waals surface area (Å²) in [7, 11) is 1.74. The van der Waals surface area contributed by atoms with E-state index in [1.807, 2.05) is 11.8 Å². The second kappa shape index (κ2) is 7.25. The van der Waals surface area contributed by atoms with Crippen LogP contribution in [0.4, 0.5) is 0 Å². The van der Waals surface area contributed by atoms with Crippen LogP contribution in [0.1, 0.15) is 46.0 Å². The third-order valence-electron chi connectivity index (χ3n) is 5.18. The number of nitrogens with one attached hydrogen (secondary N) is 2. The van der Waals surface area contributed by atoms with Gasteiger partial charge in [-0.1, -0.05) is 26.7 Å². The number of rotatable bonds is 6. The molecular weight excluding hydrogens is 266 g/mol. The summed E-state index contributed by atoms with van der Waals surface area (Å²) in [6.07, 6.45) is 5.65. The molecule has 1 aliphatic carbocycles. The van der Waals surface area contributed by atoms with Gasteiger partial charge < -0.3 is 15.5 Å². The number of amides is 2. The van der Waals surface area contributed by atoms with E-state index < -0.39 is 0 Å². The van der Waals surface area contributed by atoms with Crippen LogP contribution >= 0.6 is 0 Å². The van der Waals surface area contributed by atoms with Gasteiger partial charge in [0.15, 0.2) is 0 Å². The smallest absolute Gasteiger partial charge is 0.245 e. The minimum absolute atomic E-state index is 0.0988. The minimum Gasteiger partial charge on any atom is -0.343 e. The number of carbonyl (C=O) groups excluding carboxylic acids is 2. The van der Waals surface area contributed by atoms with Gasteiger partial charge in [-0.3, -0.25) is 9.59 Å². The first-order chi connectivity index (χ1) is 10.1. The van der Waals surface area contributed by atoms with Crippen LogP contribution in [0.3, 0.4) is 0 Å². The van der Waals surface area contributed by atoms with Gasteiger partial charge in [-0.25, -0.2) is 0 Å². The van der Waals surface area contributed by atoms with Crippen molar-refractivity contribution in [3.63, 3.8) is 0 Å². The molecular formula is C16H29N3O2.